The molecule has 0 aliphatic carbocycles. The van der Waals surface area contributed by atoms with Gasteiger partial charge in [0.15, 0.2) is 6.29 Å². The standard InChI is InChI=1S/C15H19NO7/c1-8(19)16-12-14(21)13(20)11(7-18)23-15(12)22-10-5-3-2-4-9(10)6-17/h2-6,11-15,18,20-21H,7H2,1H3,(H,16,19)/t11-,12-,13+,14-,15-/m0/s1. The maximum absolute atomic E-state index is 11.3. The van der Waals surface area contributed by atoms with Crippen molar-refractivity contribution >= 4 is 12.2 Å². The van der Waals surface area contributed by atoms with Crippen LogP contribution in [-0.4, -0.2) is 64.8 Å². The Hall–Kier alpha value is -2.00. The van der Waals surface area contributed by atoms with Gasteiger partial charge in [-0.25, -0.2) is 0 Å². The summed E-state index contributed by atoms with van der Waals surface area (Å²) in [6.45, 7) is 0.702. The molecule has 23 heavy (non-hydrogen) atoms. The van der Waals surface area contributed by atoms with Crippen LogP contribution < -0.4 is 10.1 Å². The summed E-state index contributed by atoms with van der Waals surface area (Å²) >= 11 is 0. The summed E-state index contributed by atoms with van der Waals surface area (Å²) in [5.74, 6) is -0.257. The van der Waals surface area contributed by atoms with E-state index in [9.17, 15) is 24.9 Å². The lowest BCUT2D eigenvalue weighted by Gasteiger charge is -2.42. The van der Waals surface area contributed by atoms with E-state index in [1.807, 2.05) is 0 Å². The maximum atomic E-state index is 11.3. The van der Waals surface area contributed by atoms with Crippen molar-refractivity contribution < 1.29 is 34.4 Å². The van der Waals surface area contributed by atoms with Crippen LogP contribution in [0.1, 0.15) is 17.3 Å². The Labute approximate surface area is 132 Å². The fraction of sp³-hybridized carbons (Fsp3) is 0.467. The van der Waals surface area contributed by atoms with Gasteiger partial charge in [0.05, 0.1) is 12.2 Å². The maximum Gasteiger partial charge on any atom is 0.223 e. The molecule has 0 unspecified atom stereocenters. The van der Waals surface area contributed by atoms with Crippen LogP contribution in [0.15, 0.2) is 24.3 Å². The van der Waals surface area contributed by atoms with E-state index in [2.05, 4.69) is 5.32 Å². The predicted molar refractivity (Wildman–Crippen MR) is 77.8 cm³/mol. The molecule has 1 fully saturated rings. The highest BCUT2D eigenvalue weighted by molar-refractivity contribution is 5.79. The molecule has 0 radical (unpaired) electrons. The van der Waals surface area contributed by atoms with E-state index >= 15 is 0 Å². The molecule has 5 atom stereocenters. The first-order chi connectivity index (χ1) is 11.0. The van der Waals surface area contributed by atoms with Gasteiger partial charge in [0.2, 0.25) is 12.2 Å². The van der Waals surface area contributed by atoms with Crippen LogP contribution in [0, 0.1) is 0 Å². The lowest BCUT2D eigenvalue weighted by molar-refractivity contribution is -0.244. The molecule has 2 rings (SSSR count). The van der Waals surface area contributed by atoms with Gasteiger partial charge >= 0.3 is 0 Å². The molecule has 4 N–H and O–H groups in total. The molecular formula is C15H19NO7. The Morgan fingerprint density at radius 2 is 2.04 bits per heavy atom. The minimum atomic E-state index is -1.40. The summed E-state index contributed by atoms with van der Waals surface area (Å²) in [4.78, 5) is 22.4. The summed E-state index contributed by atoms with van der Waals surface area (Å²) in [5.41, 5.74) is 0.263. The Bertz CT molecular complexity index is 565. The first-order valence-corrected chi connectivity index (χ1v) is 7.08. The lowest BCUT2D eigenvalue weighted by Crippen LogP contribution is -2.65. The number of para-hydroxylation sites is 1. The van der Waals surface area contributed by atoms with Crippen LogP contribution in [0.4, 0.5) is 0 Å². The second-order valence-electron chi connectivity index (χ2n) is 5.21. The number of rotatable bonds is 5. The van der Waals surface area contributed by atoms with E-state index in [1.54, 1.807) is 12.1 Å². The Morgan fingerprint density at radius 1 is 1.35 bits per heavy atom. The van der Waals surface area contributed by atoms with Gasteiger partial charge in [-0.2, -0.15) is 0 Å². The van der Waals surface area contributed by atoms with Crippen molar-refractivity contribution in [3.05, 3.63) is 29.8 Å². The monoisotopic (exact) mass is 325 g/mol. The first-order valence-electron chi connectivity index (χ1n) is 7.08. The van der Waals surface area contributed by atoms with Gasteiger partial charge in [-0.05, 0) is 12.1 Å². The highest BCUT2D eigenvalue weighted by atomic mass is 16.7. The van der Waals surface area contributed by atoms with E-state index in [0.29, 0.717) is 6.29 Å². The van der Waals surface area contributed by atoms with Gasteiger partial charge in [0, 0.05) is 6.92 Å². The molecule has 0 saturated carbocycles. The van der Waals surface area contributed by atoms with Crippen LogP contribution in [0.5, 0.6) is 5.75 Å². The largest absolute Gasteiger partial charge is 0.462 e. The molecule has 1 aliphatic rings. The highest BCUT2D eigenvalue weighted by Crippen LogP contribution is 2.26. The second kappa shape index (κ2) is 7.51. The van der Waals surface area contributed by atoms with Crippen LogP contribution in [0.25, 0.3) is 0 Å². The zero-order valence-corrected chi connectivity index (χ0v) is 12.5. The Kier molecular flexibility index (Phi) is 5.67. The van der Waals surface area contributed by atoms with E-state index < -0.39 is 43.2 Å². The van der Waals surface area contributed by atoms with Gasteiger partial charge in [-0.3, -0.25) is 9.59 Å². The minimum absolute atomic E-state index is 0.197. The molecule has 1 aliphatic heterocycles. The Balaban J connectivity index is 2.27. The molecule has 0 spiro atoms. The van der Waals surface area contributed by atoms with E-state index in [0.717, 1.165) is 0 Å². The molecule has 1 aromatic carbocycles. The number of aldehydes is 1. The SMILES string of the molecule is CC(=O)N[C@@H]1[C@@H](Oc2ccccc2C=O)O[C@@H](CO)[C@@H](O)[C@H]1O. The second-order valence-corrected chi connectivity index (χ2v) is 5.21. The fourth-order valence-electron chi connectivity index (χ4n) is 2.38. The van der Waals surface area contributed by atoms with Crippen LogP contribution in [0.3, 0.4) is 0 Å². The predicted octanol–water partition coefficient (Wildman–Crippen LogP) is -1.18. The number of benzene rings is 1. The van der Waals surface area contributed by atoms with Crippen LogP contribution in [0.2, 0.25) is 0 Å². The molecule has 8 nitrogen and oxygen atoms in total. The van der Waals surface area contributed by atoms with Crippen molar-refractivity contribution in [1.29, 1.82) is 0 Å². The van der Waals surface area contributed by atoms with Gasteiger partial charge in [0.1, 0.15) is 30.1 Å². The highest BCUT2D eigenvalue weighted by Gasteiger charge is 2.46. The van der Waals surface area contributed by atoms with Crippen molar-refractivity contribution in [1.82, 2.24) is 5.32 Å². The molecule has 8 heteroatoms. The van der Waals surface area contributed by atoms with Crippen LogP contribution >= 0.6 is 0 Å². The molecule has 1 heterocycles. The summed E-state index contributed by atoms with van der Waals surface area (Å²) in [5, 5.41) is 31.7. The minimum Gasteiger partial charge on any atom is -0.462 e. The average molecular weight is 325 g/mol. The quantitative estimate of drug-likeness (QED) is 0.502. The third-order valence-corrected chi connectivity index (χ3v) is 3.54. The zero-order valence-electron chi connectivity index (χ0n) is 12.5. The molecule has 1 aromatic rings. The number of amides is 1. The van der Waals surface area contributed by atoms with E-state index in [4.69, 9.17) is 9.47 Å². The number of aliphatic hydroxyl groups is 3. The molecule has 1 saturated heterocycles. The topological polar surface area (TPSA) is 125 Å². The van der Waals surface area contributed by atoms with Crippen LogP contribution in [-0.2, 0) is 9.53 Å². The Morgan fingerprint density at radius 3 is 2.65 bits per heavy atom. The number of carbonyl (C=O) groups is 2. The van der Waals surface area contributed by atoms with Gasteiger partial charge in [0.25, 0.3) is 0 Å². The number of ether oxygens (including phenoxy) is 2. The van der Waals surface area contributed by atoms with Crippen molar-refractivity contribution in [3.63, 3.8) is 0 Å². The number of hydrogen-bond donors (Lipinski definition) is 4. The lowest BCUT2D eigenvalue weighted by atomic mass is 9.97. The summed E-state index contributed by atoms with van der Waals surface area (Å²) in [6, 6.07) is 5.30. The normalized spacial score (nSPS) is 30.5. The summed E-state index contributed by atoms with van der Waals surface area (Å²) in [6.07, 6.45) is -4.46. The smallest absolute Gasteiger partial charge is 0.223 e. The average Bonchev–Trinajstić information content (AvgIpc) is 2.54. The summed E-state index contributed by atoms with van der Waals surface area (Å²) in [7, 11) is 0. The van der Waals surface area contributed by atoms with Crippen molar-refractivity contribution in [2.24, 2.45) is 0 Å². The van der Waals surface area contributed by atoms with Crippen molar-refractivity contribution in [3.8, 4) is 5.75 Å². The van der Waals surface area contributed by atoms with Gasteiger partial charge in [-0.15, -0.1) is 0 Å². The first kappa shape index (κ1) is 17.4. The molecular weight excluding hydrogens is 306 g/mol. The number of carbonyl (C=O) groups excluding carboxylic acids is 2. The van der Waals surface area contributed by atoms with Crippen molar-refractivity contribution in [2.45, 2.75) is 37.6 Å². The van der Waals surface area contributed by atoms with Crippen molar-refractivity contribution in [2.75, 3.05) is 6.61 Å². The fourth-order valence-corrected chi connectivity index (χ4v) is 2.38. The molecule has 1 amide bonds. The molecule has 0 bridgehead atoms. The molecule has 0 aromatic heterocycles. The number of aliphatic hydroxyl groups excluding tert-OH is 3. The number of nitrogens with one attached hydrogen (secondary N) is 1. The third-order valence-electron chi connectivity index (χ3n) is 3.54. The third kappa shape index (κ3) is 3.85. The summed E-state index contributed by atoms with van der Waals surface area (Å²) < 4.78 is 11.0. The zero-order chi connectivity index (χ0) is 17.0. The van der Waals surface area contributed by atoms with E-state index in [1.165, 1.54) is 19.1 Å². The number of hydrogen-bond acceptors (Lipinski definition) is 7. The molecule has 126 valence electrons. The van der Waals surface area contributed by atoms with E-state index in [-0.39, 0.29) is 11.3 Å². The van der Waals surface area contributed by atoms with Gasteiger partial charge < -0.3 is 30.1 Å². The van der Waals surface area contributed by atoms with Gasteiger partial charge in [-0.1, -0.05) is 12.1 Å².